The molecule has 0 aliphatic carbocycles. The average Bonchev–Trinajstić information content (AvgIpc) is 2.68. The van der Waals surface area contributed by atoms with E-state index in [0.717, 1.165) is 12.1 Å². The zero-order valence-electron chi connectivity index (χ0n) is 15.9. The number of nitrogens with one attached hydrogen (secondary N) is 2. The van der Waals surface area contributed by atoms with Crippen molar-refractivity contribution in [3.05, 3.63) is 35.4 Å². The van der Waals surface area contributed by atoms with Gasteiger partial charge in [-0.25, -0.2) is 4.79 Å². The van der Waals surface area contributed by atoms with Crippen molar-refractivity contribution in [2.45, 2.75) is 44.1 Å². The minimum atomic E-state index is -4.56. The van der Waals surface area contributed by atoms with E-state index in [1.54, 1.807) is 13.0 Å². The normalized spacial score (nSPS) is 20.6. The maximum absolute atomic E-state index is 12.8. The number of aliphatic hydroxyl groups is 1. The smallest absolute Gasteiger partial charge is 0.416 e. The van der Waals surface area contributed by atoms with Crippen LogP contribution in [0.1, 0.15) is 24.0 Å². The molecule has 3 rings (SSSR count). The summed E-state index contributed by atoms with van der Waals surface area (Å²) in [6.45, 7) is 2.11. The van der Waals surface area contributed by atoms with Gasteiger partial charge in [-0.3, -0.25) is 0 Å². The third-order valence-corrected chi connectivity index (χ3v) is 5.00. The Kier molecular flexibility index (Phi) is 6.13. The minimum Gasteiger partial charge on any atom is -0.507 e. The van der Waals surface area contributed by atoms with Crippen molar-refractivity contribution in [2.75, 3.05) is 11.9 Å². The van der Waals surface area contributed by atoms with Crippen molar-refractivity contribution >= 4 is 11.8 Å². The molecule has 0 saturated carbocycles. The Hall–Kier alpha value is -2.92. The Bertz CT molecular complexity index is 930. The zero-order chi connectivity index (χ0) is 22.1. The number of alkyl halides is 3. The summed E-state index contributed by atoms with van der Waals surface area (Å²) in [5.74, 6) is -1.38. The number of halogens is 3. The first-order chi connectivity index (χ1) is 14.1. The number of hydrogen-bond acceptors (Lipinski definition) is 7. The highest BCUT2D eigenvalue weighted by atomic mass is 19.4. The third kappa shape index (κ3) is 4.79. The van der Waals surface area contributed by atoms with E-state index in [9.17, 15) is 28.2 Å². The largest absolute Gasteiger partial charge is 0.507 e. The molecule has 1 aromatic heterocycles. The monoisotopic (exact) mass is 426 g/mol. The van der Waals surface area contributed by atoms with Crippen LogP contribution < -0.4 is 10.6 Å². The number of carbonyl (C=O) groups is 1. The Balaban J connectivity index is 1.69. The van der Waals surface area contributed by atoms with Crippen molar-refractivity contribution in [3.63, 3.8) is 0 Å². The van der Waals surface area contributed by atoms with E-state index < -0.39 is 35.6 Å². The van der Waals surface area contributed by atoms with Gasteiger partial charge in [-0.15, -0.1) is 10.2 Å². The van der Waals surface area contributed by atoms with Crippen molar-refractivity contribution in [1.82, 2.24) is 15.5 Å². The first kappa shape index (κ1) is 21.8. The number of nitrogens with zero attached hydrogens (tertiary/aromatic N) is 2. The zero-order valence-corrected chi connectivity index (χ0v) is 15.9. The number of aromatic hydroxyl groups is 1. The third-order valence-electron chi connectivity index (χ3n) is 5.00. The molecule has 0 bridgehead atoms. The van der Waals surface area contributed by atoms with E-state index in [1.807, 2.05) is 0 Å². The lowest BCUT2D eigenvalue weighted by molar-refractivity contribution is -0.148. The number of anilines is 1. The molecule has 11 heteroatoms. The maximum Gasteiger partial charge on any atom is 0.416 e. The van der Waals surface area contributed by atoms with Crippen molar-refractivity contribution in [2.24, 2.45) is 0 Å². The lowest BCUT2D eigenvalue weighted by atomic mass is 9.96. The van der Waals surface area contributed by atoms with Crippen LogP contribution in [0.5, 0.6) is 5.75 Å². The van der Waals surface area contributed by atoms with Crippen LogP contribution in [-0.4, -0.2) is 56.2 Å². The number of aliphatic hydroxyl groups excluding tert-OH is 1. The van der Waals surface area contributed by atoms with Gasteiger partial charge in [-0.05, 0) is 49.6 Å². The second kappa shape index (κ2) is 8.44. The topological polar surface area (TPSA) is 128 Å². The molecule has 1 fully saturated rings. The molecule has 30 heavy (non-hydrogen) atoms. The number of hydrogen-bond donors (Lipinski definition) is 5. The number of aliphatic carboxylic acids is 1. The van der Waals surface area contributed by atoms with Crippen molar-refractivity contribution < 1.29 is 33.3 Å². The first-order valence-corrected chi connectivity index (χ1v) is 9.22. The standard InChI is InChI=1S/C19H21F3N4O4/c1-9-6-15(24-11-3-5-13(23-8-11)17(28)18(29)30)25-26-16(9)12-4-2-10(7-14(12)27)19(20,21)22/h2,4,6-7,11,13,17,23,27-28H,3,5,8H2,1H3,(H,24,25)(H,29,30)/t11-,13?,17?/m1/s1. The van der Waals surface area contributed by atoms with Gasteiger partial charge >= 0.3 is 12.1 Å². The molecule has 0 radical (unpaired) electrons. The number of rotatable bonds is 5. The van der Waals surface area contributed by atoms with E-state index in [4.69, 9.17) is 5.11 Å². The highest BCUT2D eigenvalue weighted by molar-refractivity contribution is 5.73. The van der Waals surface area contributed by atoms with Crippen LogP contribution in [0.4, 0.5) is 19.0 Å². The van der Waals surface area contributed by atoms with Crippen molar-refractivity contribution in [1.29, 1.82) is 0 Å². The molecule has 2 heterocycles. The molecule has 1 saturated heterocycles. The number of aryl methyl sites for hydroxylation is 1. The summed E-state index contributed by atoms with van der Waals surface area (Å²) in [7, 11) is 0. The number of phenols is 1. The van der Waals surface area contributed by atoms with Gasteiger partial charge in [0.1, 0.15) is 11.6 Å². The van der Waals surface area contributed by atoms with Gasteiger partial charge in [0, 0.05) is 24.2 Å². The molecule has 3 atom stereocenters. The molecule has 2 aromatic rings. The summed E-state index contributed by atoms with van der Waals surface area (Å²) in [5.41, 5.74) is 0.0526. The SMILES string of the molecule is Cc1cc(N[C@@H]2CCC(C(O)C(=O)O)NC2)nnc1-c1ccc(C(F)(F)F)cc1O. The highest BCUT2D eigenvalue weighted by Gasteiger charge is 2.32. The van der Waals surface area contributed by atoms with Crippen LogP contribution in [0.3, 0.4) is 0 Å². The van der Waals surface area contributed by atoms with E-state index in [-0.39, 0.29) is 17.3 Å². The molecule has 1 aromatic carbocycles. The summed E-state index contributed by atoms with van der Waals surface area (Å²) in [4.78, 5) is 10.9. The van der Waals surface area contributed by atoms with Gasteiger partial charge < -0.3 is 26.0 Å². The molecule has 1 aliphatic heterocycles. The fourth-order valence-corrected chi connectivity index (χ4v) is 3.38. The van der Waals surface area contributed by atoms with Gasteiger partial charge in [-0.1, -0.05) is 0 Å². The van der Waals surface area contributed by atoms with Crippen LogP contribution in [0.2, 0.25) is 0 Å². The van der Waals surface area contributed by atoms with Crippen LogP contribution in [-0.2, 0) is 11.0 Å². The van der Waals surface area contributed by atoms with Crippen molar-refractivity contribution in [3.8, 4) is 17.0 Å². The lowest BCUT2D eigenvalue weighted by Gasteiger charge is -2.31. The Labute approximate surface area is 169 Å². The second-order valence-corrected chi connectivity index (χ2v) is 7.21. The quantitative estimate of drug-likeness (QED) is 0.492. The van der Waals surface area contributed by atoms with E-state index in [2.05, 4.69) is 20.8 Å². The molecule has 1 aliphatic rings. The van der Waals surface area contributed by atoms with Crippen LogP contribution in [0.25, 0.3) is 11.3 Å². The molecule has 0 spiro atoms. The van der Waals surface area contributed by atoms with Gasteiger partial charge in [0.2, 0.25) is 0 Å². The van der Waals surface area contributed by atoms with Gasteiger partial charge in [0.25, 0.3) is 0 Å². The second-order valence-electron chi connectivity index (χ2n) is 7.21. The molecule has 0 amide bonds. The van der Waals surface area contributed by atoms with Crippen LogP contribution in [0, 0.1) is 6.92 Å². The Morgan fingerprint density at radius 1 is 1.27 bits per heavy atom. The summed E-state index contributed by atoms with van der Waals surface area (Å²) in [5, 5.41) is 42.7. The van der Waals surface area contributed by atoms with Gasteiger partial charge in [0.05, 0.1) is 11.3 Å². The fourth-order valence-electron chi connectivity index (χ4n) is 3.38. The molecule has 2 unspecified atom stereocenters. The fraction of sp³-hybridized carbons (Fsp3) is 0.421. The van der Waals surface area contributed by atoms with E-state index in [1.165, 1.54) is 0 Å². The predicted octanol–water partition coefficient (Wildman–Crippen LogP) is 2.15. The predicted molar refractivity (Wildman–Crippen MR) is 101 cm³/mol. The number of carboxylic acids is 1. The van der Waals surface area contributed by atoms with Crippen LogP contribution in [0.15, 0.2) is 24.3 Å². The summed E-state index contributed by atoms with van der Waals surface area (Å²) < 4.78 is 38.3. The maximum atomic E-state index is 12.8. The number of benzene rings is 1. The highest BCUT2D eigenvalue weighted by Crippen LogP contribution is 2.36. The molecule has 5 N–H and O–H groups in total. The lowest BCUT2D eigenvalue weighted by Crippen LogP contribution is -2.52. The average molecular weight is 426 g/mol. The Morgan fingerprint density at radius 2 is 2.00 bits per heavy atom. The first-order valence-electron chi connectivity index (χ1n) is 9.22. The van der Waals surface area contributed by atoms with E-state index >= 15 is 0 Å². The summed E-state index contributed by atoms with van der Waals surface area (Å²) in [6, 6.07) is 3.74. The summed E-state index contributed by atoms with van der Waals surface area (Å²) in [6.07, 6.45) is -4.97. The summed E-state index contributed by atoms with van der Waals surface area (Å²) >= 11 is 0. The van der Waals surface area contributed by atoms with E-state index in [0.29, 0.717) is 36.8 Å². The minimum absolute atomic E-state index is 0.0683. The Morgan fingerprint density at radius 3 is 2.53 bits per heavy atom. The van der Waals surface area contributed by atoms with Crippen LogP contribution >= 0.6 is 0 Å². The molecular formula is C19H21F3N4O4. The molecule has 8 nitrogen and oxygen atoms in total. The molecule has 162 valence electrons. The van der Waals surface area contributed by atoms with Gasteiger partial charge in [0.15, 0.2) is 6.10 Å². The number of carboxylic acid groups (broad SMARTS) is 1. The van der Waals surface area contributed by atoms with Gasteiger partial charge in [-0.2, -0.15) is 13.2 Å². The number of piperidine rings is 1. The number of phenolic OH excluding ortho intramolecular Hbond substituents is 1. The number of aromatic nitrogens is 2. The molecular weight excluding hydrogens is 405 g/mol.